The maximum Gasteiger partial charge on any atom is 0.191 e. The lowest BCUT2D eigenvalue weighted by Crippen LogP contribution is -2.41. The zero-order chi connectivity index (χ0) is 24.8. The van der Waals surface area contributed by atoms with Gasteiger partial charge in [0.25, 0.3) is 0 Å². The normalized spacial score (nSPS) is 14.4. The van der Waals surface area contributed by atoms with E-state index in [0.29, 0.717) is 23.8 Å². The summed E-state index contributed by atoms with van der Waals surface area (Å²) >= 11 is 9.93. The van der Waals surface area contributed by atoms with Crippen LogP contribution < -0.4 is 4.74 Å². The molecule has 2 aromatic rings. The minimum absolute atomic E-state index is 0.0504. The molecule has 0 saturated carbocycles. The Balaban J connectivity index is 2.11. The van der Waals surface area contributed by atoms with Crippen molar-refractivity contribution in [2.24, 2.45) is 5.92 Å². The molecule has 1 N–H and O–H groups in total. The highest BCUT2D eigenvalue weighted by molar-refractivity contribution is 9.10. The fraction of sp³-hybridized carbons (Fsp3) is 0.556. The highest BCUT2D eigenvalue weighted by Gasteiger charge is 2.37. The van der Waals surface area contributed by atoms with Crippen molar-refractivity contribution >= 4 is 35.8 Å². The van der Waals surface area contributed by atoms with Gasteiger partial charge in [-0.2, -0.15) is 0 Å². The van der Waals surface area contributed by atoms with Crippen LogP contribution >= 0.6 is 27.5 Å². The highest BCUT2D eigenvalue weighted by Crippen LogP contribution is 2.37. The average molecular weight is 556 g/mol. The molecule has 0 aliphatic heterocycles. The molecule has 0 aliphatic rings. The van der Waals surface area contributed by atoms with Gasteiger partial charge in [-0.15, -0.1) is 0 Å². The maximum atomic E-state index is 11.1. The van der Waals surface area contributed by atoms with E-state index in [1.165, 1.54) is 5.56 Å². The molecular weight excluding hydrogens is 516 g/mol. The smallest absolute Gasteiger partial charge is 0.191 e. The lowest BCUT2D eigenvalue weighted by Gasteiger charge is -2.36. The standard InChI is InChI=1S/C27H40BrClO3Si/c1-19(2)32-26-13-10-22(18-24(26)29)25(30)17-21(16-20-8-11-23(28)12-9-20)14-15-31-33(6,7)27(3,4)5/h8-13,18-19,21,25,30H,14-17H2,1-7H3/t21-,25-/m1/s1. The molecule has 0 aromatic heterocycles. The van der Waals surface area contributed by atoms with Crippen molar-refractivity contribution in [3.05, 3.63) is 63.1 Å². The molecule has 0 aliphatic carbocycles. The molecule has 33 heavy (non-hydrogen) atoms. The van der Waals surface area contributed by atoms with Crippen molar-refractivity contribution in [3.8, 4) is 5.75 Å². The molecule has 0 fully saturated rings. The third-order valence-electron chi connectivity index (χ3n) is 6.49. The van der Waals surface area contributed by atoms with Crippen LogP contribution in [0.4, 0.5) is 0 Å². The van der Waals surface area contributed by atoms with Gasteiger partial charge in [0.05, 0.1) is 17.2 Å². The molecule has 2 aromatic carbocycles. The lowest BCUT2D eigenvalue weighted by molar-refractivity contribution is 0.133. The largest absolute Gasteiger partial charge is 0.489 e. The summed E-state index contributed by atoms with van der Waals surface area (Å²) in [5.74, 6) is 0.938. The van der Waals surface area contributed by atoms with Crippen molar-refractivity contribution in [1.29, 1.82) is 0 Å². The Morgan fingerprint density at radius 3 is 2.24 bits per heavy atom. The zero-order valence-corrected chi connectivity index (χ0v) is 24.5. The summed E-state index contributed by atoms with van der Waals surface area (Å²) in [7, 11) is -1.80. The van der Waals surface area contributed by atoms with Gasteiger partial charge in [-0.3, -0.25) is 0 Å². The first-order valence-corrected chi connectivity index (χ1v) is 15.9. The summed E-state index contributed by atoms with van der Waals surface area (Å²) in [6.45, 7) is 16.0. The fourth-order valence-corrected chi connectivity index (χ4v) is 5.04. The van der Waals surface area contributed by atoms with E-state index in [0.717, 1.165) is 22.9 Å². The predicted molar refractivity (Wildman–Crippen MR) is 146 cm³/mol. The molecule has 0 amide bonds. The zero-order valence-electron chi connectivity index (χ0n) is 21.1. The van der Waals surface area contributed by atoms with Gasteiger partial charge in [0.2, 0.25) is 0 Å². The van der Waals surface area contributed by atoms with Gasteiger partial charge in [0.1, 0.15) is 5.75 Å². The first-order chi connectivity index (χ1) is 15.3. The van der Waals surface area contributed by atoms with Crippen LogP contribution in [0.15, 0.2) is 46.9 Å². The van der Waals surface area contributed by atoms with Crippen molar-refractivity contribution in [2.45, 2.75) is 84.2 Å². The molecular formula is C27H40BrClO3Si. The SMILES string of the molecule is CC(C)Oc1ccc([C@H](O)C[C@H](CCO[Si](C)(C)C(C)(C)C)Cc2ccc(Br)cc2)cc1Cl. The summed E-state index contributed by atoms with van der Waals surface area (Å²) in [5.41, 5.74) is 2.09. The van der Waals surface area contributed by atoms with E-state index in [9.17, 15) is 5.11 Å². The monoisotopic (exact) mass is 554 g/mol. The van der Waals surface area contributed by atoms with E-state index in [-0.39, 0.29) is 17.1 Å². The number of ether oxygens (including phenoxy) is 1. The van der Waals surface area contributed by atoms with Gasteiger partial charge >= 0.3 is 0 Å². The molecule has 3 nitrogen and oxygen atoms in total. The van der Waals surface area contributed by atoms with Crippen LogP contribution in [0.25, 0.3) is 0 Å². The Labute approximate surface area is 215 Å². The first-order valence-electron chi connectivity index (χ1n) is 11.8. The van der Waals surface area contributed by atoms with Crippen LogP contribution in [0.5, 0.6) is 5.75 Å². The third kappa shape index (κ3) is 9.03. The second kappa shape index (κ2) is 12.2. The minimum atomic E-state index is -1.80. The van der Waals surface area contributed by atoms with E-state index in [4.69, 9.17) is 20.8 Å². The Bertz CT molecular complexity index is 878. The van der Waals surface area contributed by atoms with Crippen molar-refractivity contribution in [3.63, 3.8) is 0 Å². The summed E-state index contributed by atoms with van der Waals surface area (Å²) in [6, 6.07) is 14.0. The number of aliphatic hydroxyl groups excluding tert-OH is 1. The summed E-state index contributed by atoms with van der Waals surface area (Å²) in [6.07, 6.45) is 1.91. The molecule has 6 heteroatoms. The van der Waals surface area contributed by atoms with E-state index in [1.807, 2.05) is 32.0 Å². The van der Waals surface area contributed by atoms with Gasteiger partial charge in [0, 0.05) is 11.1 Å². The molecule has 0 bridgehead atoms. The van der Waals surface area contributed by atoms with E-state index in [2.05, 4.69) is 74.1 Å². The molecule has 2 atom stereocenters. The molecule has 184 valence electrons. The summed E-state index contributed by atoms with van der Waals surface area (Å²) in [5, 5.41) is 11.8. The minimum Gasteiger partial charge on any atom is -0.489 e. The number of aliphatic hydroxyl groups is 1. The van der Waals surface area contributed by atoms with E-state index in [1.54, 1.807) is 0 Å². The molecule has 2 rings (SSSR count). The molecule has 0 radical (unpaired) electrons. The molecule has 0 unspecified atom stereocenters. The highest BCUT2D eigenvalue weighted by atomic mass is 79.9. The molecule has 0 saturated heterocycles. The van der Waals surface area contributed by atoms with Gasteiger partial charge in [-0.1, -0.05) is 66.5 Å². The van der Waals surface area contributed by atoms with Crippen LogP contribution in [0, 0.1) is 5.92 Å². The average Bonchev–Trinajstić information content (AvgIpc) is 2.69. The number of benzene rings is 2. The Morgan fingerprint density at radius 1 is 1.06 bits per heavy atom. The quantitative estimate of drug-likeness (QED) is 0.282. The number of hydrogen-bond donors (Lipinski definition) is 1. The topological polar surface area (TPSA) is 38.7 Å². The molecule has 0 heterocycles. The Kier molecular flexibility index (Phi) is 10.5. The van der Waals surface area contributed by atoms with Crippen molar-refractivity contribution in [2.75, 3.05) is 6.61 Å². The predicted octanol–water partition coefficient (Wildman–Crippen LogP) is 8.58. The van der Waals surface area contributed by atoms with Gasteiger partial charge in [-0.25, -0.2) is 0 Å². The maximum absolute atomic E-state index is 11.1. The van der Waals surface area contributed by atoms with Gasteiger partial charge in [0.15, 0.2) is 8.32 Å². The number of rotatable bonds is 11. The first kappa shape index (κ1) is 28.4. The number of halogens is 2. The van der Waals surface area contributed by atoms with Crippen LogP contribution in [0.3, 0.4) is 0 Å². The Hall–Kier alpha value is -0.853. The summed E-state index contributed by atoms with van der Waals surface area (Å²) < 4.78 is 13.3. The van der Waals surface area contributed by atoms with Crippen LogP contribution in [-0.2, 0) is 10.8 Å². The summed E-state index contributed by atoms with van der Waals surface area (Å²) in [4.78, 5) is 0. The van der Waals surface area contributed by atoms with Gasteiger partial charge < -0.3 is 14.3 Å². The van der Waals surface area contributed by atoms with E-state index >= 15 is 0 Å². The van der Waals surface area contributed by atoms with Crippen LogP contribution in [0.1, 0.15) is 64.7 Å². The second-order valence-electron chi connectivity index (χ2n) is 10.7. The van der Waals surface area contributed by atoms with E-state index < -0.39 is 14.4 Å². The number of hydrogen-bond acceptors (Lipinski definition) is 3. The van der Waals surface area contributed by atoms with Crippen molar-refractivity contribution < 1.29 is 14.3 Å². The van der Waals surface area contributed by atoms with Gasteiger partial charge in [-0.05, 0) is 92.6 Å². The van der Waals surface area contributed by atoms with Crippen LogP contribution in [0.2, 0.25) is 23.2 Å². The fourth-order valence-electron chi connectivity index (χ4n) is 3.48. The second-order valence-corrected chi connectivity index (χ2v) is 16.8. The Morgan fingerprint density at radius 2 is 1.70 bits per heavy atom. The molecule has 0 spiro atoms. The third-order valence-corrected chi connectivity index (χ3v) is 11.9. The van der Waals surface area contributed by atoms with Crippen LogP contribution in [-0.4, -0.2) is 26.1 Å². The van der Waals surface area contributed by atoms with Crippen molar-refractivity contribution in [1.82, 2.24) is 0 Å². The lowest BCUT2D eigenvalue weighted by atomic mass is 9.89.